The Bertz CT molecular complexity index is 329. The summed E-state index contributed by atoms with van der Waals surface area (Å²) in [7, 11) is 2.07. The second-order valence-corrected chi connectivity index (χ2v) is 2.93. The smallest absolute Gasteiger partial charge is 0.253 e. The summed E-state index contributed by atoms with van der Waals surface area (Å²) in [4.78, 5) is 3.20. The molecular weight excluding hydrogens is 190 g/mol. The van der Waals surface area contributed by atoms with Gasteiger partial charge in [-0.05, 0) is 6.42 Å². The number of aromatic amines is 1. The first-order chi connectivity index (χ1) is 7.26. The van der Waals surface area contributed by atoms with Crippen LogP contribution in [0, 0.1) is 22.9 Å². The Hall–Kier alpha value is -2.01. The summed E-state index contributed by atoms with van der Waals surface area (Å²) in [6.07, 6.45) is 10.3. The van der Waals surface area contributed by atoms with Crippen LogP contribution in [0.25, 0.3) is 5.32 Å². The Morgan fingerprint density at radius 3 is 2.47 bits per heavy atom. The van der Waals surface area contributed by atoms with E-state index in [0.717, 1.165) is 0 Å². The number of aryl methyl sites for hydroxylation is 2. The van der Waals surface area contributed by atoms with Crippen LogP contribution in [0.3, 0.4) is 0 Å². The molecule has 0 aliphatic heterocycles. The topological polar surface area (TPSA) is 81.3 Å². The Balaban J connectivity index is 0.000000336. The van der Waals surface area contributed by atoms with Gasteiger partial charge >= 0.3 is 0 Å². The molecule has 0 radical (unpaired) electrons. The number of H-pyrrole nitrogens is 1. The van der Waals surface area contributed by atoms with Crippen molar-refractivity contribution in [2.45, 2.75) is 26.2 Å². The van der Waals surface area contributed by atoms with Crippen molar-refractivity contribution in [3.05, 3.63) is 23.5 Å². The number of nitrogens with one attached hydrogen (secondary N) is 1. The summed E-state index contributed by atoms with van der Waals surface area (Å²) >= 11 is 0. The van der Waals surface area contributed by atoms with Crippen LogP contribution < -0.4 is 4.57 Å². The average Bonchev–Trinajstić information content (AvgIpc) is 2.63. The number of nitrogens with zero attached hydrogens (tertiary/aromatic N) is 4. The number of aromatic nitrogens is 2. The Labute approximate surface area is 90.0 Å². The molecule has 0 bridgehead atoms. The second kappa shape index (κ2) is 8.58. The number of rotatable bonds is 3. The minimum Gasteiger partial charge on any atom is -0.385 e. The molecule has 0 aliphatic carbocycles. The minimum absolute atomic E-state index is 1.17. The number of imidazole rings is 1. The Kier molecular flexibility index (Phi) is 7.43. The zero-order chi connectivity index (χ0) is 11.5. The van der Waals surface area contributed by atoms with Gasteiger partial charge in [-0.15, -0.1) is 0 Å². The fraction of sp³-hybridized carbons (Fsp3) is 0.500. The van der Waals surface area contributed by atoms with Crippen molar-refractivity contribution in [1.82, 2.24) is 4.98 Å². The zero-order valence-corrected chi connectivity index (χ0v) is 9.06. The predicted octanol–water partition coefficient (Wildman–Crippen LogP) is 1.50. The van der Waals surface area contributed by atoms with E-state index in [4.69, 9.17) is 10.5 Å². The summed E-state index contributed by atoms with van der Waals surface area (Å²) in [6.45, 7) is 2.21. The highest BCUT2D eigenvalue weighted by Gasteiger charge is 2.03. The molecule has 0 amide bonds. The van der Waals surface area contributed by atoms with E-state index in [2.05, 4.69) is 28.8 Å². The average molecular weight is 205 g/mol. The fourth-order valence-electron chi connectivity index (χ4n) is 1.05. The van der Waals surface area contributed by atoms with Gasteiger partial charge in [0, 0.05) is 18.8 Å². The predicted molar refractivity (Wildman–Crippen MR) is 55.2 cm³/mol. The third-order valence-corrected chi connectivity index (χ3v) is 1.84. The quantitative estimate of drug-likeness (QED) is 0.599. The lowest BCUT2D eigenvalue weighted by atomic mass is 10.2. The maximum absolute atomic E-state index is 7.43. The molecule has 0 saturated carbocycles. The van der Waals surface area contributed by atoms with Gasteiger partial charge in [-0.25, -0.2) is 9.55 Å². The molecule has 1 rings (SSSR count). The maximum atomic E-state index is 7.43. The van der Waals surface area contributed by atoms with Gasteiger partial charge in [0.1, 0.15) is 12.4 Å². The lowest BCUT2D eigenvalue weighted by Gasteiger charge is -1.91. The lowest BCUT2D eigenvalue weighted by Crippen LogP contribution is -2.30. The van der Waals surface area contributed by atoms with Crippen molar-refractivity contribution in [1.29, 1.82) is 10.5 Å². The van der Waals surface area contributed by atoms with Crippen LogP contribution in [0.15, 0.2) is 12.4 Å². The molecule has 0 saturated heterocycles. The molecule has 0 unspecified atom stereocenters. The Morgan fingerprint density at radius 1 is 1.47 bits per heavy atom. The summed E-state index contributed by atoms with van der Waals surface area (Å²) in [5.41, 5.74) is 0. The van der Waals surface area contributed by atoms with E-state index in [1.165, 1.54) is 37.5 Å². The number of nitriles is 2. The summed E-state index contributed by atoms with van der Waals surface area (Å²) in [6, 6.07) is 0. The van der Waals surface area contributed by atoms with Crippen molar-refractivity contribution < 1.29 is 4.57 Å². The number of hydrogen-bond acceptors (Lipinski definition) is 2. The van der Waals surface area contributed by atoms with E-state index in [0.29, 0.717) is 0 Å². The first-order valence-electron chi connectivity index (χ1n) is 4.76. The molecular formula is C10H15N5. The van der Waals surface area contributed by atoms with Crippen molar-refractivity contribution in [3.8, 4) is 12.4 Å². The molecule has 1 aromatic heterocycles. The highest BCUT2D eigenvalue weighted by molar-refractivity contribution is 5.12. The van der Waals surface area contributed by atoms with Crippen LogP contribution in [-0.4, -0.2) is 4.98 Å². The number of hydrogen-bond donors (Lipinski definition) is 1. The molecule has 0 aliphatic rings. The largest absolute Gasteiger partial charge is 0.385 e. The monoisotopic (exact) mass is 205 g/mol. The highest BCUT2D eigenvalue weighted by Crippen LogP contribution is 1.94. The molecule has 1 aromatic rings. The van der Waals surface area contributed by atoms with Crippen LogP contribution in [0.2, 0.25) is 0 Å². The van der Waals surface area contributed by atoms with Crippen LogP contribution in [0.5, 0.6) is 0 Å². The number of unbranched alkanes of at least 4 members (excludes halogenated alkanes) is 1. The molecule has 0 atom stereocenters. The maximum Gasteiger partial charge on any atom is 0.253 e. The van der Waals surface area contributed by atoms with E-state index in [1.54, 1.807) is 0 Å². The van der Waals surface area contributed by atoms with Crippen LogP contribution in [0.1, 0.15) is 25.6 Å². The molecule has 0 aromatic carbocycles. The molecule has 5 nitrogen and oxygen atoms in total. The minimum atomic E-state index is 1.17. The van der Waals surface area contributed by atoms with Crippen molar-refractivity contribution in [2.75, 3.05) is 0 Å². The van der Waals surface area contributed by atoms with Gasteiger partial charge in [0.05, 0.1) is 7.05 Å². The highest BCUT2D eigenvalue weighted by atomic mass is 15.0. The SMILES string of the molecule is CCCCc1[nH]cc[n+]1C.N#C[N-]C#N. The summed E-state index contributed by atoms with van der Waals surface area (Å²) < 4.78 is 2.13. The molecule has 1 N–H and O–H groups in total. The summed E-state index contributed by atoms with van der Waals surface area (Å²) in [5.74, 6) is 1.32. The van der Waals surface area contributed by atoms with E-state index in [-0.39, 0.29) is 0 Å². The molecule has 80 valence electrons. The standard InChI is InChI=1S/C8H14N2.C2N3/c1-3-4-5-8-9-6-7-10(8)2;3-1-5-2-4/h6-7H,3-5H2,1-2H3;/q;-1/p+1. The van der Waals surface area contributed by atoms with Crippen molar-refractivity contribution in [2.24, 2.45) is 7.05 Å². The van der Waals surface area contributed by atoms with Crippen LogP contribution >= 0.6 is 0 Å². The second-order valence-electron chi connectivity index (χ2n) is 2.93. The van der Waals surface area contributed by atoms with E-state index < -0.39 is 0 Å². The van der Waals surface area contributed by atoms with Gasteiger partial charge in [-0.2, -0.15) is 0 Å². The normalized spacial score (nSPS) is 8.00. The molecule has 1 heterocycles. The first kappa shape index (κ1) is 13.0. The molecule has 15 heavy (non-hydrogen) atoms. The van der Waals surface area contributed by atoms with Crippen LogP contribution in [-0.2, 0) is 13.5 Å². The van der Waals surface area contributed by atoms with Gasteiger partial charge < -0.3 is 10.5 Å². The van der Waals surface area contributed by atoms with E-state index in [9.17, 15) is 0 Å². The van der Waals surface area contributed by atoms with Gasteiger partial charge in [-0.1, -0.05) is 13.3 Å². The molecule has 0 fully saturated rings. The molecule has 0 spiro atoms. The van der Waals surface area contributed by atoms with E-state index in [1.807, 2.05) is 12.4 Å². The van der Waals surface area contributed by atoms with Crippen molar-refractivity contribution in [3.63, 3.8) is 0 Å². The van der Waals surface area contributed by atoms with Crippen LogP contribution in [0.4, 0.5) is 0 Å². The third kappa shape index (κ3) is 6.11. The first-order valence-corrected chi connectivity index (χ1v) is 4.76. The molecule has 5 heteroatoms. The Morgan fingerprint density at radius 2 is 2.13 bits per heavy atom. The van der Waals surface area contributed by atoms with Gasteiger partial charge in [0.2, 0.25) is 0 Å². The van der Waals surface area contributed by atoms with Gasteiger partial charge in [0.25, 0.3) is 5.82 Å². The van der Waals surface area contributed by atoms with E-state index >= 15 is 0 Å². The van der Waals surface area contributed by atoms with Crippen molar-refractivity contribution >= 4 is 0 Å². The summed E-state index contributed by atoms with van der Waals surface area (Å²) in [5, 5.41) is 17.4. The third-order valence-electron chi connectivity index (χ3n) is 1.84. The van der Waals surface area contributed by atoms with Gasteiger partial charge in [-0.3, -0.25) is 5.32 Å². The zero-order valence-electron chi connectivity index (χ0n) is 9.06. The fourth-order valence-corrected chi connectivity index (χ4v) is 1.05. The van der Waals surface area contributed by atoms with Gasteiger partial charge in [0.15, 0.2) is 0 Å². The lowest BCUT2D eigenvalue weighted by molar-refractivity contribution is -0.677.